The minimum atomic E-state index is -0.719. The number of ether oxygens (including phenoxy) is 3. The zero-order chi connectivity index (χ0) is 22.7. The van der Waals surface area contributed by atoms with Crippen LogP contribution in [0.4, 0.5) is 0 Å². The minimum absolute atomic E-state index is 0.132. The minimum Gasteiger partial charge on any atom is -0.497 e. The zero-order valence-electron chi connectivity index (χ0n) is 17.7. The molecule has 4 rings (SSSR count). The van der Waals surface area contributed by atoms with Crippen molar-refractivity contribution in [2.75, 3.05) is 21.3 Å². The van der Waals surface area contributed by atoms with Crippen molar-refractivity contribution in [1.82, 2.24) is 9.71 Å². The number of aromatic nitrogens is 2. The van der Waals surface area contributed by atoms with Gasteiger partial charge in [-0.1, -0.05) is 12.1 Å². The third-order valence-electron chi connectivity index (χ3n) is 4.85. The lowest BCUT2D eigenvalue weighted by Crippen LogP contribution is -2.33. The molecule has 0 fully saturated rings. The first-order chi connectivity index (χ1) is 15.5. The number of carbonyl (C=O) groups is 1. The van der Waals surface area contributed by atoms with Gasteiger partial charge in [-0.3, -0.25) is 4.79 Å². The molecule has 1 heterocycles. The first kappa shape index (κ1) is 20.9. The summed E-state index contributed by atoms with van der Waals surface area (Å²) in [6, 6.07) is 18.2. The van der Waals surface area contributed by atoms with Crippen molar-refractivity contribution in [2.24, 2.45) is 0 Å². The van der Waals surface area contributed by atoms with Crippen LogP contribution in [0.15, 0.2) is 71.5 Å². The van der Waals surface area contributed by atoms with Crippen molar-refractivity contribution in [3.63, 3.8) is 0 Å². The highest BCUT2D eigenvalue weighted by molar-refractivity contribution is 5.90. The van der Waals surface area contributed by atoms with E-state index in [0.29, 0.717) is 33.7 Å². The van der Waals surface area contributed by atoms with Gasteiger partial charge in [0.1, 0.15) is 17.2 Å². The molecule has 0 spiro atoms. The molecule has 0 atom stereocenters. The van der Waals surface area contributed by atoms with Gasteiger partial charge in [-0.15, -0.1) is 4.73 Å². The molecule has 0 aliphatic heterocycles. The summed E-state index contributed by atoms with van der Waals surface area (Å²) in [6.07, 6.45) is 0. The second kappa shape index (κ2) is 8.81. The molecule has 4 aromatic rings. The molecule has 0 N–H and O–H groups in total. The Hall–Kier alpha value is -4.33. The van der Waals surface area contributed by atoms with E-state index in [1.54, 1.807) is 66.7 Å². The molecule has 162 valence electrons. The summed E-state index contributed by atoms with van der Waals surface area (Å²) in [7, 11) is 4.56. The summed E-state index contributed by atoms with van der Waals surface area (Å²) in [5, 5.41) is 0.314. The predicted molar refractivity (Wildman–Crippen MR) is 118 cm³/mol. The van der Waals surface area contributed by atoms with Crippen LogP contribution in [0.3, 0.4) is 0 Å². The average molecular weight is 432 g/mol. The van der Waals surface area contributed by atoms with Gasteiger partial charge in [-0.05, 0) is 48.5 Å². The van der Waals surface area contributed by atoms with Crippen molar-refractivity contribution >= 4 is 16.9 Å². The van der Waals surface area contributed by atoms with Crippen LogP contribution in [0.5, 0.6) is 17.2 Å². The van der Waals surface area contributed by atoms with Gasteiger partial charge in [-0.2, -0.15) is 0 Å². The summed E-state index contributed by atoms with van der Waals surface area (Å²) in [5.74, 6) is 0.996. The van der Waals surface area contributed by atoms with Crippen LogP contribution < -0.4 is 24.6 Å². The Bertz CT molecular complexity index is 1320. The van der Waals surface area contributed by atoms with E-state index in [9.17, 15) is 9.59 Å². The largest absolute Gasteiger partial charge is 0.497 e. The lowest BCUT2D eigenvalue weighted by Gasteiger charge is -2.14. The van der Waals surface area contributed by atoms with E-state index in [-0.39, 0.29) is 11.4 Å². The molecular formula is C24H20N2O6. The van der Waals surface area contributed by atoms with Gasteiger partial charge in [0.25, 0.3) is 5.56 Å². The number of hydrogen-bond donors (Lipinski definition) is 0. The first-order valence-electron chi connectivity index (χ1n) is 9.66. The second-order valence-corrected chi connectivity index (χ2v) is 6.76. The van der Waals surface area contributed by atoms with Crippen LogP contribution in [0.2, 0.25) is 0 Å². The van der Waals surface area contributed by atoms with Crippen LogP contribution in [-0.2, 0) is 0 Å². The zero-order valence-corrected chi connectivity index (χ0v) is 17.7. The monoisotopic (exact) mass is 432 g/mol. The molecule has 32 heavy (non-hydrogen) atoms. The fraction of sp³-hybridized carbons (Fsp3) is 0.125. The van der Waals surface area contributed by atoms with Gasteiger partial charge < -0.3 is 19.0 Å². The van der Waals surface area contributed by atoms with Crippen LogP contribution in [-0.4, -0.2) is 37.0 Å². The van der Waals surface area contributed by atoms with Crippen molar-refractivity contribution in [1.29, 1.82) is 0 Å². The van der Waals surface area contributed by atoms with Crippen molar-refractivity contribution in [2.45, 2.75) is 0 Å². The van der Waals surface area contributed by atoms with Crippen LogP contribution >= 0.6 is 0 Å². The van der Waals surface area contributed by atoms with E-state index in [1.807, 2.05) is 0 Å². The average Bonchev–Trinajstić information content (AvgIpc) is 2.85. The van der Waals surface area contributed by atoms with E-state index >= 15 is 0 Å². The lowest BCUT2D eigenvalue weighted by atomic mass is 10.1. The number of nitrogens with zero attached hydrogens (tertiary/aromatic N) is 2. The highest BCUT2D eigenvalue weighted by atomic mass is 16.7. The summed E-state index contributed by atoms with van der Waals surface area (Å²) >= 11 is 0. The van der Waals surface area contributed by atoms with Crippen LogP contribution in [0, 0.1) is 0 Å². The number of benzene rings is 3. The number of para-hydroxylation sites is 1. The second-order valence-electron chi connectivity index (χ2n) is 6.76. The molecule has 0 aliphatic carbocycles. The maximum atomic E-state index is 13.3. The number of hydrogen-bond acceptors (Lipinski definition) is 7. The molecule has 3 aromatic carbocycles. The Labute approximate surface area is 183 Å². The molecule has 8 heteroatoms. The van der Waals surface area contributed by atoms with E-state index in [0.717, 1.165) is 4.73 Å². The van der Waals surface area contributed by atoms with Crippen molar-refractivity contribution in [3.05, 3.63) is 82.6 Å². The van der Waals surface area contributed by atoms with Gasteiger partial charge in [0.05, 0.1) is 37.8 Å². The Balaban J connectivity index is 1.88. The molecule has 0 saturated heterocycles. The number of carbonyl (C=O) groups excluding carboxylic acids is 1. The highest BCUT2D eigenvalue weighted by Crippen LogP contribution is 2.29. The summed E-state index contributed by atoms with van der Waals surface area (Å²) in [4.78, 5) is 36.2. The maximum Gasteiger partial charge on any atom is 0.363 e. The standard InChI is InChI=1S/C24H20N2O6/c1-29-17-10-8-15(9-11-17)24(28)32-26-22(16-12-18(30-2)14-19(13-16)31-3)25-21-7-5-4-6-20(21)23(26)27/h4-14H,1-3H3. The van der Waals surface area contributed by atoms with Crippen molar-refractivity contribution < 1.29 is 23.8 Å². The molecule has 0 unspecified atom stereocenters. The van der Waals surface area contributed by atoms with Crippen LogP contribution in [0.25, 0.3) is 22.3 Å². The molecule has 0 amide bonds. The smallest absolute Gasteiger partial charge is 0.363 e. The molecule has 8 nitrogen and oxygen atoms in total. The quantitative estimate of drug-likeness (QED) is 0.462. The Morgan fingerprint density at radius 3 is 2.06 bits per heavy atom. The molecule has 0 bridgehead atoms. The molecule has 0 radical (unpaired) electrons. The fourth-order valence-electron chi connectivity index (χ4n) is 3.18. The maximum absolute atomic E-state index is 13.3. The molecule has 1 aromatic heterocycles. The number of methoxy groups -OCH3 is 3. The summed E-state index contributed by atoms with van der Waals surface area (Å²) in [5.41, 5.74) is 0.673. The van der Waals surface area contributed by atoms with E-state index < -0.39 is 11.5 Å². The normalized spacial score (nSPS) is 10.6. The third kappa shape index (κ3) is 3.98. The van der Waals surface area contributed by atoms with Gasteiger partial charge >= 0.3 is 5.97 Å². The Morgan fingerprint density at radius 2 is 1.44 bits per heavy atom. The van der Waals surface area contributed by atoms with Gasteiger partial charge in [0, 0.05) is 11.6 Å². The molecule has 0 saturated carbocycles. The molecule has 0 aliphatic rings. The van der Waals surface area contributed by atoms with Gasteiger partial charge in [0.15, 0.2) is 5.82 Å². The Kier molecular flexibility index (Phi) is 5.76. The Morgan fingerprint density at radius 1 is 0.812 bits per heavy atom. The SMILES string of the molecule is COc1ccc(C(=O)On2c(-c3cc(OC)cc(OC)c3)nc3ccccc3c2=O)cc1. The summed E-state index contributed by atoms with van der Waals surface area (Å²) < 4.78 is 16.7. The van der Waals surface area contributed by atoms with Crippen LogP contribution in [0.1, 0.15) is 10.4 Å². The number of rotatable bonds is 6. The van der Waals surface area contributed by atoms with E-state index in [2.05, 4.69) is 4.98 Å². The third-order valence-corrected chi connectivity index (χ3v) is 4.85. The first-order valence-corrected chi connectivity index (χ1v) is 9.66. The highest BCUT2D eigenvalue weighted by Gasteiger charge is 2.19. The number of fused-ring (bicyclic) bond motifs is 1. The van der Waals surface area contributed by atoms with E-state index in [4.69, 9.17) is 19.0 Å². The summed E-state index contributed by atoms with van der Waals surface area (Å²) in [6.45, 7) is 0. The van der Waals surface area contributed by atoms with Crippen molar-refractivity contribution in [3.8, 4) is 28.6 Å². The molecular weight excluding hydrogens is 412 g/mol. The predicted octanol–water partition coefficient (Wildman–Crippen LogP) is 3.36. The van der Waals surface area contributed by atoms with E-state index in [1.165, 1.54) is 21.3 Å². The van der Waals surface area contributed by atoms with Gasteiger partial charge in [-0.25, -0.2) is 9.78 Å². The van der Waals surface area contributed by atoms with Gasteiger partial charge in [0.2, 0.25) is 0 Å². The topological polar surface area (TPSA) is 88.9 Å². The lowest BCUT2D eigenvalue weighted by molar-refractivity contribution is 0.0449. The fourth-order valence-corrected chi connectivity index (χ4v) is 3.18.